The van der Waals surface area contributed by atoms with E-state index in [1.54, 1.807) is 0 Å². The summed E-state index contributed by atoms with van der Waals surface area (Å²) in [6, 6.07) is 17.7. The zero-order valence-electron chi connectivity index (χ0n) is 11.0. The van der Waals surface area contributed by atoms with Crippen LogP contribution in [0.4, 0.5) is 0 Å². The van der Waals surface area contributed by atoms with Crippen molar-refractivity contribution in [1.29, 1.82) is 0 Å². The molecule has 1 aliphatic rings. The van der Waals surface area contributed by atoms with Crippen LogP contribution >= 0.6 is 0 Å². The normalized spacial score (nSPS) is 20.8. The molecule has 0 spiro atoms. The van der Waals surface area contributed by atoms with Crippen LogP contribution in [0.3, 0.4) is 0 Å². The Morgan fingerprint density at radius 1 is 1.10 bits per heavy atom. The van der Waals surface area contributed by atoms with Gasteiger partial charge in [-0.15, -0.1) is 0 Å². The molecule has 0 fully saturated rings. The van der Waals surface area contributed by atoms with Crippen molar-refractivity contribution >= 4 is 5.97 Å². The first-order chi connectivity index (χ1) is 9.75. The topological polar surface area (TPSA) is 46.5 Å². The van der Waals surface area contributed by atoms with Crippen molar-refractivity contribution in [3.05, 3.63) is 65.7 Å². The minimum Gasteiger partial charge on any atom is -0.493 e. The molecular formula is C17H16O3. The molecule has 0 aliphatic carbocycles. The second-order valence-corrected chi connectivity index (χ2v) is 5.07. The van der Waals surface area contributed by atoms with E-state index in [-0.39, 0.29) is 18.3 Å². The summed E-state index contributed by atoms with van der Waals surface area (Å²) >= 11 is 0. The summed E-state index contributed by atoms with van der Waals surface area (Å²) < 4.78 is 5.81. The number of carboxylic acids is 1. The average molecular weight is 268 g/mol. The number of para-hydroxylation sites is 1. The molecule has 0 aromatic heterocycles. The molecule has 20 heavy (non-hydrogen) atoms. The van der Waals surface area contributed by atoms with Gasteiger partial charge in [-0.05, 0) is 17.2 Å². The first-order valence-corrected chi connectivity index (χ1v) is 6.74. The second kappa shape index (κ2) is 5.37. The second-order valence-electron chi connectivity index (χ2n) is 5.07. The highest BCUT2D eigenvalue weighted by molar-refractivity contribution is 5.69. The lowest BCUT2D eigenvalue weighted by atomic mass is 9.78. The molecule has 1 heterocycles. The third kappa shape index (κ3) is 2.39. The lowest BCUT2D eigenvalue weighted by Gasteiger charge is -2.33. The number of carboxylic acid groups (broad SMARTS) is 1. The molecule has 3 heteroatoms. The Bertz CT molecular complexity index is 607. The summed E-state index contributed by atoms with van der Waals surface area (Å²) in [5.41, 5.74) is 2.13. The summed E-state index contributed by atoms with van der Waals surface area (Å²) in [6.07, 6.45) is 0.125. The first kappa shape index (κ1) is 12.7. The van der Waals surface area contributed by atoms with E-state index in [1.165, 1.54) is 0 Å². The molecule has 102 valence electrons. The number of carbonyl (C=O) groups is 1. The summed E-state index contributed by atoms with van der Waals surface area (Å²) in [5.74, 6) is 0.0839. The quantitative estimate of drug-likeness (QED) is 0.927. The van der Waals surface area contributed by atoms with Crippen molar-refractivity contribution in [2.45, 2.75) is 18.3 Å². The van der Waals surface area contributed by atoms with Gasteiger partial charge in [-0.2, -0.15) is 0 Å². The number of fused-ring (bicyclic) bond motifs is 1. The van der Waals surface area contributed by atoms with Gasteiger partial charge in [0, 0.05) is 11.8 Å². The summed E-state index contributed by atoms with van der Waals surface area (Å²) in [6.45, 7) is 0.527. The number of benzene rings is 2. The number of hydrogen-bond donors (Lipinski definition) is 1. The van der Waals surface area contributed by atoms with Crippen LogP contribution in [0.15, 0.2) is 54.6 Å². The lowest BCUT2D eigenvalue weighted by molar-refractivity contribution is -0.137. The van der Waals surface area contributed by atoms with Gasteiger partial charge >= 0.3 is 5.97 Å². The third-order valence-corrected chi connectivity index (χ3v) is 3.84. The van der Waals surface area contributed by atoms with Crippen LogP contribution in [-0.4, -0.2) is 17.7 Å². The van der Waals surface area contributed by atoms with E-state index in [0.29, 0.717) is 6.61 Å². The molecule has 2 aromatic rings. The minimum atomic E-state index is -0.771. The smallest absolute Gasteiger partial charge is 0.303 e. The summed E-state index contributed by atoms with van der Waals surface area (Å²) in [7, 11) is 0. The Balaban J connectivity index is 2.01. The number of hydrogen-bond acceptors (Lipinski definition) is 2. The van der Waals surface area contributed by atoms with Gasteiger partial charge in [0.25, 0.3) is 0 Å². The molecule has 0 saturated heterocycles. The predicted molar refractivity (Wildman–Crippen MR) is 76.1 cm³/mol. The average Bonchev–Trinajstić information content (AvgIpc) is 2.48. The minimum absolute atomic E-state index is 0.0418. The van der Waals surface area contributed by atoms with Crippen LogP contribution in [0.1, 0.15) is 29.4 Å². The van der Waals surface area contributed by atoms with Crippen molar-refractivity contribution in [1.82, 2.24) is 0 Å². The maximum atomic E-state index is 11.2. The van der Waals surface area contributed by atoms with E-state index in [2.05, 4.69) is 0 Å². The van der Waals surface area contributed by atoms with E-state index in [1.807, 2.05) is 54.6 Å². The van der Waals surface area contributed by atoms with Gasteiger partial charge < -0.3 is 9.84 Å². The van der Waals surface area contributed by atoms with Gasteiger partial charge in [0.05, 0.1) is 13.0 Å². The van der Waals surface area contributed by atoms with Crippen LogP contribution in [0.2, 0.25) is 0 Å². The molecule has 0 bridgehead atoms. The zero-order valence-corrected chi connectivity index (χ0v) is 11.0. The molecule has 0 unspecified atom stereocenters. The Kier molecular flexibility index (Phi) is 3.42. The van der Waals surface area contributed by atoms with Crippen LogP contribution in [0, 0.1) is 0 Å². The molecule has 1 N–H and O–H groups in total. The summed E-state index contributed by atoms with van der Waals surface area (Å²) in [4.78, 5) is 11.2. The standard InChI is InChI=1S/C17H16O3/c18-17(19)10-14-13-8-4-5-9-16(13)20-11-15(14)12-6-2-1-3-7-12/h1-9,14-15H,10-11H2,(H,18,19)/t14-,15+/m1/s1. The van der Waals surface area contributed by atoms with Gasteiger partial charge in [0.15, 0.2) is 0 Å². The van der Waals surface area contributed by atoms with E-state index < -0.39 is 5.97 Å². The maximum absolute atomic E-state index is 11.2. The molecule has 1 aliphatic heterocycles. The highest BCUT2D eigenvalue weighted by Gasteiger charge is 2.33. The van der Waals surface area contributed by atoms with Crippen molar-refractivity contribution in [2.24, 2.45) is 0 Å². The third-order valence-electron chi connectivity index (χ3n) is 3.84. The largest absolute Gasteiger partial charge is 0.493 e. The fourth-order valence-corrected chi connectivity index (χ4v) is 2.90. The van der Waals surface area contributed by atoms with Gasteiger partial charge in [0.1, 0.15) is 5.75 Å². The molecule has 3 rings (SSSR count). The highest BCUT2D eigenvalue weighted by Crippen LogP contribution is 2.43. The monoisotopic (exact) mass is 268 g/mol. The van der Waals surface area contributed by atoms with Crippen LogP contribution in [0.25, 0.3) is 0 Å². The van der Waals surface area contributed by atoms with Gasteiger partial charge in [-0.3, -0.25) is 4.79 Å². The molecule has 2 atom stereocenters. The fourth-order valence-electron chi connectivity index (χ4n) is 2.90. The van der Waals surface area contributed by atoms with Crippen molar-refractivity contribution in [3.63, 3.8) is 0 Å². The van der Waals surface area contributed by atoms with E-state index in [4.69, 9.17) is 4.74 Å². The first-order valence-electron chi connectivity index (χ1n) is 6.74. The van der Waals surface area contributed by atoms with Crippen LogP contribution < -0.4 is 4.74 Å². The Morgan fingerprint density at radius 2 is 1.80 bits per heavy atom. The number of rotatable bonds is 3. The van der Waals surface area contributed by atoms with Crippen LogP contribution in [-0.2, 0) is 4.79 Å². The van der Waals surface area contributed by atoms with E-state index >= 15 is 0 Å². The predicted octanol–water partition coefficient (Wildman–Crippen LogP) is 3.42. The number of ether oxygens (including phenoxy) is 1. The Morgan fingerprint density at radius 3 is 2.55 bits per heavy atom. The molecule has 2 aromatic carbocycles. The van der Waals surface area contributed by atoms with Crippen LogP contribution in [0.5, 0.6) is 5.75 Å². The fraction of sp³-hybridized carbons (Fsp3) is 0.235. The molecule has 0 saturated carbocycles. The van der Waals surface area contributed by atoms with Gasteiger partial charge in [-0.1, -0.05) is 48.5 Å². The molecule has 3 nitrogen and oxygen atoms in total. The van der Waals surface area contributed by atoms with Gasteiger partial charge in [-0.25, -0.2) is 0 Å². The van der Waals surface area contributed by atoms with Gasteiger partial charge in [0.2, 0.25) is 0 Å². The Hall–Kier alpha value is -2.29. The van der Waals surface area contributed by atoms with Crippen molar-refractivity contribution in [2.75, 3.05) is 6.61 Å². The summed E-state index contributed by atoms with van der Waals surface area (Å²) in [5, 5.41) is 9.22. The SMILES string of the molecule is O=C(O)C[C@@H]1c2ccccc2OC[C@H]1c1ccccc1. The maximum Gasteiger partial charge on any atom is 0.303 e. The Labute approximate surface area is 117 Å². The highest BCUT2D eigenvalue weighted by atomic mass is 16.5. The van der Waals surface area contributed by atoms with Crippen molar-refractivity contribution in [3.8, 4) is 5.75 Å². The lowest BCUT2D eigenvalue weighted by Crippen LogP contribution is -2.26. The molecular weight excluding hydrogens is 252 g/mol. The van der Waals surface area contributed by atoms with E-state index in [9.17, 15) is 9.90 Å². The molecule has 0 amide bonds. The zero-order chi connectivity index (χ0) is 13.9. The number of aliphatic carboxylic acids is 1. The van der Waals surface area contributed by atoms with Crippen molar-refractivity contribution < 1.29 is 14.6 Å². The molecule has 0 radical (unpaired) electrons. The van der Waals surface area contributed by atoms with E-state index in [0.717, 1.165) is 16.9 Å².